The maximum atomic E-state index is 11.0. The van der Waals surface area contributed by atoms with Gasteiger partial charge in [-0.1, -0.05) is 18.2 Å². The molecule has 1 aromatic carbocycles. The third-order valence-corrected chi connectivity index (χ3v) is 3.72. The molecule has 1 aromatic rings. The summed E-state index contributed by atoms with van der Waals surface area (Å²) in [5.74, 6) is 0.951. The van der Waals surface area contributed by atoms with Gasteiger partial charge in [0.05, 0.1) is 19.0 Å². The normalized spacial score (nSPS) is 11.5. The Labute approximate surface area is 121 Å². The highest BCUT2D eigenvalue weighted by molar-refractivity contribution is 7.90. The van der Waals surface area contributed by atoms with Crippen LogP contribution < -0.4 is 10.1 Å². The number of hydrogen-bond donors (Lipinski definition) is 1. The maximum absolute atomic E-state index is 11.0. The predicted octanol–water partition coefficient (Wildman–Crippen LogP) is 1.24. The number of nitrogens with one attached hydrogen (secondary N) is 1. The highest BCUT2D eigenvalue weighted by atomic mass is 32.2. The standard InChI is InChI=1S/C14H23NO4S/c1-18-10-8-15-12-13-6-3-4-7-14(13)19-9-5-11-20(2,16)17/h3-4,6-7,15H,5,8-12H2,1-2H3. The van der Waals surface area contributed by atoms with E-state index < -0.39 is 9.84 Å². The first-order valence-corrected chi connectivity index (χ1v) is 8.67. The average molecular weight is 301 g/mol. The molecule has 0 radical (unpaired) electrons. The van der Waals surface area contributed by atoms with Gasteiger partial charge in [-0.15, -0.1) is 0 Å². The predicted molar refractivity (Wildman–Crippen MR) is 79.8 cm³/mol. The van der Waals surface area contributed by atoms with E-state index in [1.54, 1.807) is 7.11 Å². The molecule has 1 rings (SSSR count). The second kappa shape index (κ2) is 8.94. The zero-order valence-corrected chi connectivity index (χ0v) is 12.9. The fraction of sp³-hybridized carbons (Fsp3) is 0.571. The van der Waals surface area contributed by atoms with E-state index in [1.165, 1.54) is 6.26 Å². The van der Waals surface area contributed by atoms with Gasteiger partial charge in [-0.3, -0.25) is 0 Å². The second-order valence-electron chi connectivity index (χ2n) is 4.61. The molecule has 0 aliphatic heterocycles. The van der Waals surface area contributed by atoms with E-state index in [1.807, 2.05) is 24.3 Å². The molecule has 0 fully saturated rings. The molecule has 0 unspecified atom stereocenters. The van der Waals surface area contributed by atoms with Gasteiger partial charge < -0.3 is 14.8 Å². The summed E-state index contributed by atoms with van der Waals surface area (Å²) in [7, 11) is -1.25. The Morgan fingerprint density at radius 2 is 1.95 bits per heavy atom. The third kappa shape index (κ3) is 7.47. The minimum Gasteiger partial charge on any atom is -0.493 e. The van der Waals surface area contributed by atoms with Crippen molar-refractivity contribution in [1.29, 1.82) is 0 Å². The topological polar surface area (TPSA) is 64.6 Å². The Kier molecular flexibility index (Phi) is 7.58. The largest absolute Gasteiger partial charge is 0.493 e. The summed E-state index contributed by atoms with van der Waals surface area (Å²) in [6.45, 7) is 2.55. The summed E-state index contributed by atoms with van der Waals surface area (Å²) >= 11 is 0. The van der Waals surface area contributed by atoms with Crippen molar-refractivity contribution in [3.63, 3.8) is 0 Å². The van der Waals surface area contributed by atoms with Gasteiger partial charge in [0.1, 0.15) is 15.6 Å². The van der Waals surface area contributed by atoms with Crippen molar-refractivity contribution in [1.82, 2.24) is 5.32 Å². The lowest BCUT2D eigenvalue weighted by atomic mass is 10.2. The lowest BCUT2D eigenvalue weighted by molar-refractivity contribution is 0.199. The lowest BCUT2D eigenvalue weighted by Crippen LogP contribution is -2.19. The van der Waals surface area contributed by atoms with Crippen LogP contribution >= 0.6 is 0 Å². The van der Waals surface area contributed by atoms with E-state index in [0.29, 0.717) is 26.2 Å². The number of ether oxygens (including phenoxy) is 2. The molecule has 0 aliphatic rings. The van der Waals surface area contributed by atoms with Gasteiger partial charge in [0.25, 0.3) is 0 Å². The summed E-state index contributed by atoms with van der Waals surface area (Å²) in [5, 5.41) is 3.26. The van der Waals surface area contributed by atoms with Crippen LogP contribution in [0.2, 0.25) is 0 Å². The molecule has 20 heavy (non-hydrogen) atoms. The van der Waals surface area contributed by atoms with Crippen LogP contribution in [-0.4, -0.2) is 47.3 Å². The number of methoxy groups -OCH3 is 1. The second-order valence-corrected chi connectivity index (χ2v) is 6.87. The fourth-order valence-electron chi connectivity index (χ4n) is 1.69. The lowest BCUT2D eigenvalue weighted by Gasteiger charge is -2.12. The van der Waals surface area contributed by atoms with Crippen LogP contribution in [0.4, 0.5) is 0 Å². The van der Waals surface area contributed by atoms with Crippen molar-refractivity contribution in [3.05, 3.63) is 29.8 Å². The SMILES string of the molecule is COCCNCc1ccccc1OCCCS(C)(=O)=O. The molecule has 1 N–H and O–H groups in total. The molecule has 0 spiro atoms. The van der Waals surface area contributed by atoms with Gasteiger partial charge in [0.2, 0.25) is 0 Å². The van der Waals surface area contributed by atoms with Crippen molar-refractivity contribution < 1.29 is 17.9 Å². The van der Waals surface area contributed by atoms with Crippen molar-refractivity contribution in [2.45, 2.75) is 13.0 Å². The highest BCUT2D eigenvalue weighted by Gasteiger charge is 2.05. The molecule has 0 atom stereocenters. The van der Waals surface area contributed by atoms with Crippen molar-refractivity contribution >= 4 is 9.84 Å². The van der Waals surface area contributed by atoms with Crippen LogP contribution in [0.15, 0.2) is 24.3 Å². The van der Waals surface area contributed by atoms with Crippen LogP contribution in [0.25, 0.3) is 0 Å². The molecule has 0 heterocycles. The van der Waals surface area contributed by atoms with Gasteiger partial charge in [0.15, 0.2) is 0 Å². The van der Waals surface area contributed by atoms with Crippen molar-refractivity contribution in [2.75, 3.05) is 38.9 Å². The zero-order valence-electron chi connectivity index (χ0n) is 12.1. The first-order chi connectivity index (χ1) is 9.53. The number of para-hydroxylation sites is 1. The summed E-state index contributed by atoms with van der Waals surface area (Å²) in [4.78, 5) is 0. The molecule has 0 aliphatic carbocycles. The molecule has 0 saturated heterocycles. The maximum Gasteiger partial charge on any atom is 0.147 e. The quantitative estimate of drug-likeness (QED) is 0.659. The van der Waals surface area contributed by atoms with Gasteiger partial charge in [0, 0.05) is 32.0 Å². The number of rotatable bonds is 10. The van der Waals surface area contributed by atoms with E-state index in [-0.39, 0.29) is 5.75 Å². The van der Waals surface area contributed by atoms with Crippen molar-refractivity contribution in [2.24, 2.45) is 0 Å². The van der Waals surface area contributed by atoms with E-state index in [4.69, 9.17) is 9.47 Å². The minimum atomic E-state index is -2.92. The van der Waals surface area contributed by atoms with Crippen LogP contribution in [0.5, 0.6) is 5.75 Å². The Balaban J connectivity index is 2.40. The summed E-state index contributed by atoms with van der Waals surface area (Å²) in [6, 6.07) is 7.75. The smallest absolute Gasteiger partial charge is 0.147 e. The Morgan fingerprint density at radius 3 is 2.65 bits per heavy atom. The molecule has 0 bridgehead atoms. The number of sulfone groups is 1. The molecule has 0 aromatic heterocycles. The van der Waals surface area contributed by atoms with E-state index in [2.05, 4.69) is 5.32 Å². The van der Waals surface area contributed by atoms with Crippen LogP contribution in [0, 0.1) is 0 Å². The van der Waals surface area contributed by atoms with Gasteiger partial charge in [-0.2, -0.15) is 0 Å². The van der Waals surface area contributed by atoms with E-state index in [0.717, 1.165) is 17.9 Å². The number of hydrogen-bond acceptors (Lipinski definition) is 5. The van der Waals surface area contributed by atoms with Crippen LogP contribution in [0.1, 0.15) is 12.0 Å². The van der Waals surface area contributed by atoms with Gasteiger partial charge in [-0.05, 0) is 12.5 Å². The Bertz CT molecular complexity index is 488. The Morgan fingerprint density at radius 1 is 1.20 bits per heavy atom. The third-order valence-electron chi connectivity index (χ3n) is 2.69. The Hall–Kier alpha value is -1.11. The summed E-state index contributed by atoms with van der Waals surface area (Å²) < 4.78 is 32.7. The van der Waals surface area contributed by atoms with Gasteiger partial charge in [-0.25, -0.2) is 8.42 Å². The first-order valence-electron chi connectivity index (χ1n) is 6.61. The van der Waals surface area contributed by atoms with Crippen molar-refractivity contribution in [3.8, 4) is 5.75 Å². The van der Waals surface area contributed by atoms with E-state index in [9.17, 15) is 8.42 Å². The molecular formula is C14H23NO4S. The molecule has 6 heteroatoms. The zero-order chi connectivity index (χ0) is 14.8. The summed E-state index contributed by atoms with van der Waals surface area (Å²) in [6.07, 6.45) is 1.74. The monoisotopic (exact) mass is 301 g/mol. The van der Waals surface area contributed by atoms with Gasteiger partial charge >= 0.3 is 0 Å². The highest BCUT2D eigenvalue weighted by Crippen LogP contribution is 2.17. The molecule has 114 valence electrons. The van der Waals surface area contributed by atoms with E-state index >= 15 is 0 Å². The van der Waals surface area contributed by atoms with Crippen LogP contribution in [0.3, 0.4) is 0 Å². The molecule has 5 nitrogen and oxygen atoms in total. The first kappa shape index (κ1) is 16.9. The summed E-state index contributed by atoms with van der Waals surface area (Å²) in [5.41, 5.74) is 1.06. The fourth-order valence-corrected chi connectivity index (χ4v) is 2.33. The minimum absolute atomic E-state index is 0.154. The average Bonchev–Trinajstić information content (AvgIpc) is 2.40. The molecular weight excluding hydrogens is 278 g/mol. The molecule has 0 amide bonds. The van der Waals surface area contributed by atoms with Crippen LogP contribution in [-0.2, 0) is 21.1 Å². The molecule has 0 saturated carbocycles. The number of benzene rings is 1.